The number of fused-ring (bicyclic) bond motifs is 1. The molecule has 1 aliphatic heterocycles. The van der Waals surface area contributed by atoms with Crippen molar-refractivity contribution in [2.45, 2.75) is 56.7 Å². The summed E-state index contributed by atoms with van der Waals surface area (Å²) in [5.74, 6) is -0.0322. The van der Waals surface area contributed by atoms with E-state index in [0.29, 0.717) is 12.0 Å². The number of carbonyl (C=O) groups excluding carboxylic acids is 1. The number of ether oxygens (including phenoxy) is 1. The van der Waals surface area contributed by atoms with Crippen LogP contribution in [0.2, 0.25) is 0 Å². The van der Waals surface area contributed by atoms with E-state index in [9.17, 15) is 9.59 Å². The Kier molecular flexibility index (Phi) is 4.34. The number of nitrogens with one attached hydrogen (secondary N) is 1. The third kappa shape index (κ3) is 3.33. The first-order valence-corrected chi connectivity index (χ1v) is 9.17. The maximum atomic E-state index is 12.5. The lowest BCUT2D eigenvalue weighted by atomic mass is 9.82. The average molecular weight is 340 g/mol. The molecule has 1 amide bonds. The molecule has 2 aromatic rings. The van der Waals surface area contributed by atoms with Crippen molar-refractivity contribution in [1.29, 1.82) is 0 Å². The number of hydrogen-bond acceptors (Lipinski definition) is 3. The summed E-state index contributed by atoms with van der Waals surface area (Å²) in [7, 11) is 0. The first-order valence-electron chi connectivity index (χ1n) is 9.17. The molecule has 1 N–H and O–H groups in total. The molecular weight excluding hydrogens is 316 g/mol. The number of carbonyl (C=O) groups is 1. The van der Waals surface area contributed by atoms with E-state index in [1.807, 2.05) is 22.8 Å². The highest BCUT2D eigenvalue weighted by Crippen LogP contribution is 2.39. The van der Waals surface area contributed by atoms with Gasteiger partial charge in [-0.25, -0.2) is 0 Å². The van der Waals surface area contributed by atoms with Crippen molar-refractivity contribution in [2.75, 3.05) is 6.61 Å². The summed E-state index contributed by atoms with van der Waals surface area (Å²) in [6.07, 6.45) is 8.59. The van der Waals surface area contributed by atoms with Crippen LogP contribution >= 0.6 is 0 Å². The molecule has 4 rings (SSSR count). The Morgan fingerprint density at radius 2 is 2.00 bits per heavy atom. The maximum absolute atomic E-state index is 12.5. The topological polar surface area (TPSA) is 60.3 Å². The van der Waals surface area contributed by atoms with Crippen molar-refractivity contribution in [1.82, 2.24) is 9.88 Å². The van der Waals surface area contributed by atoms with E-state index in [-0.39, 0.29) is 29.5 Å². The Labute approximate surface area is 147 Å². The predicted octanol–water partition coefficient (Wildman–Crippen LogP) is 2.61. The zero-order valence-electron chi connectivity index (χ0n) is 14.4. The van der Waals surface area contributed by atoms with Gasteiger partial charge in [0.15, 0.2) is 5.43 Å². The molecule has 1 aliphatic carbocycles. The van der Waals surface area contributed by atoms with Crippen molar-refractivity contribution in [3.63, 3.8) is 0 Å². The van der Waals surface area contributed by atoms with Gasteiger partial charge in [-0.15, -0.1) is 0 Å². The molecule has 1 saturated carbocycles. The van der Waals surface area contributed by atoms with E-state index < -0.39 is 0 Å². The van der Waals surface area contributed by atoms with Crippen LogP contribution in [-0.2, 0) is 16.1 Å². The lowest BCUT2D eigenvalue weighted by molar-refractivity contribution is -0.122. The van der Waals surface area contributed by atoms with Crippen LogP contribution in [0.1, 0.15) is 38.5 Å². The van der Waals surface area contributed by atoms with Crippen LogP contribution in [-0.4, -0.2) is 28.7 Å². The summed E-state index contributed by atoms with van der Waals surface area (Å²) in [6, 6.07) is 9.01. The second-order valence-electron chi connectivity index (χ2n) is 7.35. The molecular formula is C20H24N2O3. The van der Waals surface area contributed by atoms with E-state index >= 15 is 0 Å². The third-order valence-corrected chi connectivity index (χ3v) is 5.54. The fraction of sp³-hybridized carbons (Fsp3) is 0.500. The SMILES string of the molecule is O=C(Cn1ccc(=O)c2ccccc21)N[C@@H]1COC2(CCCCC2)C1. The maximum Gasteiger partial charge on any atom is 0.240 e. The van der Waals surface area contributed by atoms with Gasteiger partial charge in [0.2, 0.25) is 5.91 Å². The van der Waals surface area contributed by atoms with E-state index in [2.05, 4.69) is 5.32 Å². The van der Waals surface area contributed by atoms with Crippen LogP contribution in [0.5, 0.6) is 0 Å². The van der Waals surface area contributed by atoms with Crippen molar-refractivity contribution in [3.05, 3.63) is 46.8 Å². The quantitative estimate of drug-likeness (QED) is 0.934. The summed E-state index contributed by atoms with van der Waals surface area (Å²) >= 11 is 0. The number of pyridine rings is 1. The molecule has 1 aromatic carbocycles. The molecule has 1 spiro atoms. The summed E-state index contributed by atoms with van der Waals surface area (Å²) in [4.78, 5) is 24.4. The molecule has 1 saturated heterocycles. The molecule has 1 aromatic heterocycles. The molecule has 5 nitrogen and oxygen atoms in total. The van der Waals surface area contributed by atoms with Crippen molar-refractivity contribution in [2.24, 2.45) is 0 Å². The van der Waals surface area contributed by atoms with Gasteiger partial charge in [0.25, 0.3) is 0 Å². The predicted molar refractivity (Wildman–Crippen MR) is 96.5 cm³/mol. The van der Waals surface area contributed by atoms with Gasteiger partial charge < -0.3 is 14.6 Å². The Hall–Kier alpha value is -2.14. The van der Waals surface area contributed by atoms with Crippen LogP contribution in [0.25, 0.3) is 10.9 Å². The minimum atomic E-state index is -0.0322. The van der Waals surface area contributed by atoms with Gasteiger partial charge in [0, 0.05) is 17.6 Å². The van der Waals surface area contributed by atoms with E-state index in [1.54, 1.807) is 12.3 Å². The van der Waals surface area contributed by atoms with Crippen molar-refractivity contribution in [3.8, 4) is 0 Å². The number of para-hydroxylation sites is 1. The summed E-state index contributed by atoms with van der Waals surface area (Å²) < 4.78 is 7.90. The Morgan fingerprint density at radius 1 is 1.20 bits per heavy atom. The van der Waals surface area contributed by atoms with Crippen LogP contribution in [0.15, 0.2) is 41.3 Å². The standard InChI is InChI=1S/C20H24N2O3/c23-18-8-11-22(17-7-3-2-6-16(17)18)13-19(24)21-15-12-20(25-14-15)9-4-1-5-10-20/h2-3,6-8,11,15H,1,4-5,9-10,12-14H2,(H,21,24)/t15-/m0/s1. The van der Waals surface area contributed by atoms with E-state index in [4.69, 9.17) is 4.74 Å². The van der Waals surface area contributed by atoms with E-state index in [0.717, 1.165) is 24.8 Å². The van der Waals surface area contributed by atoms with Gasteiger partial charge in [-0.2, -0.15) is 0 Å². The van der Waals surface area contributed by atoms with Crippen LogP contribution in [0.3, 0.4) is 0 Å². The fourth-order valence-electron chi connectivity index (χ4n) is 4.31. The minimum absolute atomic E-state index is 0.000241. The highest BCUT2D eigenvalue weighted by atomic mass is 16.5. The van der Waals surface area contributed by atoms with Crippen molar-refractivity contribution >= 4 is 16.8 Å². The average Bonchev–Trinajstić information content (AvgIpc) is 3.00. The Morgan fingerprint density at radius 3 is 2.84 bits per heavy atom. The van der Waals surface area contributed by atoms with E-state index in [1.165, 1.54) is 25.3 Å². The van der Waals surface area contributed by atoms with Gasteiger partial charge in [0.1, 0.15) is 6.54 Å². The van der Waals surface area contributed by atoms with Gasteiger partial charge >= 0.3 is 0 Å². The monoisotopic (exact) mass is 340 g/mol. The second kappa shape index (κ2) is 6.64. The number of hydrogen-bond donors (Lipinski definition) is 1. The van der Waals surface area contributed by atoms with Gasteiger partial charge in [-0.3, -0.25) is 9.59 Å². The number of aromatic nitrogens is 1. The summed E-state index contributed by atoms with van der Waals surface area (Å²) in [5.41, 5.74) is 0.771. The molecule has 0 radical (unpaired) electrons. The highest BCUT2D eigenvalue weighted by molar-refractivity contribution is 5.82. The zero-order chi connectivity index (χ0) is 17.3. The van der Waals surface area contributed by atoms with Gasteiger partial charge in [-0.05, 0) is 31.4 Å². The minimum Gasteiger partial charge on any atom is -0.373 e. The molecule has 2 aliphatic rings. The molecule has 0 unspecified atom stereocenters. The van der Waals surface area contributed by atoms with Gasteiger partial charge in [-0.1, -0.05) is 31.4 Å². The molecule has 0 bridgehead atoms. The highest BCUT2D eigenvalue weighted by Gasteiger charge is 2.41. The van der Waals surface area contributed by atoms with Crippen LogP contribution in [0, 0.1) is 0 Å². The molecule has 25 heavy (non-hydrogen) atoms. The summed E-state index contributed by atoms with van der Waals surface area (Å²) in [5, 5.41) is 3.76. The molecule has 1 atom stereocenters. The number of benzene rings is 1. The lowest BCUT2D eigenvalue weighted by Crippen LogP contribution is -2.39. The Balaban J connectivity index is 1.43. The van der Waals surface area contributed by atoms with Crippen molar-refractivity contribution < 1.29 is 9.53 Å². The summed E-state index contributed by atoms with van der Waals surface area (Å²) in [6.45, 7) is 0.820. The lowest BCUT2D eigenvalue weighted by Gasteiger charge is -2.32. The smallest absolute Gasteiger partial charge is 0.240 e. The first-order chi connectivity index (χ1) is 12.2. The molecule has 132 valence electrons. The number of amides is 1. The van der Waals surface area contributed by atoms with Crippen LogP contribution in [0.4, 0.5) is 0 Å². The molecule has 5 heteroatoms. The number of rotatable bonds is 3. The van der Waals surface area contributed by atoms with Gasteiger partial charge in [0.05, 0.1) is 23.8 Å². The Bertz CT molecular complexity index is 836. The molecule has 2 fully saturated rings. The molecule has 2 heterocycles. The fourth-order valence-corrected chi connectivity index (χ4v) is 4.31. The largest absolute Gasteiger partial charge is 0.373 e. The normalized spacial score (nSPS) is 22.3. The number of nitrogens with zero attached hydrogens (tertiary/aromatic N) is 1. The zero-order valence-corrected chi connectivity index (χ0v) is 14.4. The first kappa shape index (κ1) is 16.3. The van der Waals surface area contributed by atoms with Crippen LogP contribution < -0.4 is 10.7 Å². The third-order valence-electron chi connectivity index (χ3n) is 5.54. The second-order valence-corrected chi connectivity index (χ2v) is 7.35.